The molecule has 0 radical (unpaired) electrons. The normalized spacial score (nSPS) is 10.6. The molecule has 0 atom stereocenters. The topological polar surface area (TPSA) is 57.0 Å². The summed E-state index contributed by atoms with van der Waals surface area (Å²) in [5.74, 6) is 0.0362. The van der Waals surface area contributed by atoms with E-state index in [1.165, 1.54) is 4.68 Å². The highest BCUT2D eigenvalue weighted by molar-refractivity contribution is 9.10. The zero-order chi connectivity index (χ0) is 11.3. The molecule has 0 fully saturated rings. The molecule has 1 heterocycles. The van der Waals surface area contributed by atoms with Crippen LogP contribution in [0.15, 0.2) is 4.60 Å². The minimum Gasteiger partial charge on any atom is -0.382 e. The zero-order valence-electron chi connectivity index (χ0n) is 8.86. The highest BCUT2D eigenvalue weighted by Gasteiger charge is 2.15. The second kappa shape index (κ2) is 5.97. The maximum atomic E-state index is 11.7. The summed E-state index contributed by atoms with van der Waals surface area (Å²) >= 11 is 3.19. The molecular formula is C9H14BrN3O2. The molecule has 1 aromatic heterocycles. The van der Waals surface area contributed by atoms with E-state index in [2.05, 4.69) is 26.2 Å². The van der Waals surface area contributed by atoms with Crippen molar-refractivity contribution >= 4 is 21.7 Å². The van der Waals surface area contributed by atoms with E-state index < -0.39 is 0 Å². The first-order chi connectivity index (χ1) is 7.16. The lowest BCUT2D eigenvalue weighted by molar-refractivity contribution is 0.0937. The molecular weight excluding hydrogens is 262 g/mol. The molecule has 0 amide bonds. The van der Waals surface area contributed by atoms with E-state index in [9.17, 15) is 4.79 Å². The molecule has 0 bridgehead atoms. The summed E-state index contributed by atoms with van der Waals surface area (Å²) in [6, 6.07) is 0. The summed E-state index contributed by atoms with van der Waals surface area (Å²) < 4.78 is 7.14. The van der Waals surface area contributed by atoms with Gasteiger partial charge in [0.2, 0.25) is 0 Å². The van der Waals surface area contributed by atoms with Gasteiger partial charge in [0, 0.05) is 26.7 Å². The molecule has 15 heavy (non-hydrogen) atoms. The Bertz CT molecular complexity index is 319. The van der Waals surface area contributed by atoms with Crippen molar-refractivity contribution in [2.75, 3.05) is 13.2 Å². The Balaban J connectivity index is 2.47. The fourth-order valence-corrected chi connectivity index (χ4v) is 1.77. The maximum absolute atomic E-state index is 11.7. The van der Waals surface area contributed by atoms with E-state index in [0.29, 0.717) is 29.9 Å². The third kappa shape index (κ3) is 3.39. The Hall–Kier alpha value is -0.750. The molecule has 0 unspecified atom stereocenters. The minimum absolute atomic E-state index is 0.0362. The summed E-state index contributed by atoms with van der Waals surface area (Å²) in [7, 11) is 1.70. The van der Waals surface area contributed by atoms with Crippen LogP contribution in [0.5, 0.6) is 0 Å². The predicted molar refractivity (Wildman–Crippen MR) is 58.8 cm³/mol. The minimum atomic E-state index is 0.0362. The highest BCUT2D eigenvalue weighted by atomic mass is 79.9. The zero-order valence-corrected chi connectivity index (χ0v) is 10.5. The fraction of sp³-hybridized carbons (Fsp3) is 0.667. The molecule has 0 spiro atoms. The molecule has 1 aromatic rings. The van der Waals surface area contributed by atoms with Crippen molar-refractivity contribution in [2.45, 2.75) is 19.8 Å². The first kappa shape index (κ1) is 12.3. The number of rotatable bonds is 6. The van der Waals surface area contributed by atoms with E-state index in [4.69, 9.17) is 4.74 Å². The molecule has 0 aliphatic carbocycles. The van der Waals surface area contributed by atoms with Crippen LogP contribution in [0.2, 0.25) is 0 Å². The number of hydrogen-bond donors (Lipinski definition) is 0. The summed E-state index contributed by atoms with van der Waals surface area (Å²) in [6.45, 7) is 3.24. The number of halogens is 1. The third-order valence-corrected chi connectivity index (χ3v) is 2.48. The van der Waals surface area contributed by atoms with Crippen LogP contribution in [0.3, 0.4) is 0 Å². The molecule has 6 heteroatoms. The number of ketones is 1. The molecule has 1 rings (SSSR count). The molecule has 5 nitrogen and oxygen atoms in total. The number of hydrogen-bond acceptors (Lipinski definition) is 4. The predicted octanol–water partition coefficient (Wildman–Crippen LogP) is 1.58. The van der Waals surface area contributed by atoms with E-state index in [1.807, 2.05) is 6.92 Å². The van der Waals surface area contributed by atoms with Crippen LogP contribution < -0.4 is 0 Å². The number of Topliss-reactive ketones (excluding diaryl/α,β-unsaturated/α-hetero) is 1. The van der Waals surface area contributed by atoms with Crippen molar-refractivity contribution in [1.29, 1.82) is 0 Å². The van der Waals surface area contributed by atoms with E-state index in [-0.39, 0.29) is 5.78 Å². The van der Waals surface area contributed by atoms with Crippen molar-refractivity contribution in [2.24, 2.45) is 7.05 Å². The van der Waals surface area contributed by atoms with Gasteiger partial charge in [-0.15, -0.1) is 5.10 Å². The lowest BCUT2D eigenvalue weighted by Gasteiger charge is -2.01. The lowest BCUT2D eigenvalue weighted by Crippen LogP contribution is -2.08. The summed E-state index contributed by atoms with van der Waals surface area (Å²) in [4.78, 5) is 11.7. The molecule has 0 aliphatic rings. The summed E-state index contributed by atoms with van der Waals surface area (Å²) in [5, 5.41) is 7.51. The maximum Gasteiger partial charge on any atom is 0.183 e. The molecule has 0 aliphatic heterocycles. The van der Waals surface area contributed by atoms with Gasteiger partial charge < -0.3 is 4.74 Å². The van der Waals surface area contributed by atoms with Crippen molar-refractivity contribution in [3.05, 3.63) is 10.3 Å². The van der Waals surface area contributed by atoms with Crippen LogP contribution in [0.1, 0.15) is 30.3 Å². The second-order valence-corrected chi connectivity index (χ2v) is 3.83. The SMILES string of the molecule is CCOCCCC(=O)c1c(Br)nnn1C. The second-order valence-electron chi connectivity index (χ2n) is 3.08. The number of ether oxygens (including phenoxy) is 1. The Morgan fingerprint density at radius 3 is 2.87 bits per heavy atom. The molecule has 0 saturated heterocycles. The van der Waals surface area contributed by atoms with Crippen molar-refractivity contribution < 1.29 is 9.53 Å². The van der Waals surface area contributed by atoms with Gasteiger partial charge in [-0.25, -0.2) is 4.68 Å². The smallest absolute Gasteiger partial charge is 0.183 e. The average molecular weight is 276 g/mol. The number of aromatic nitrogens is 3. The van der Waals surface area contributed by atoms with E-state index >= 15 is 0 Å². The number of aryl methyl sites for hydroxylation is 1. The van der Waals surface area contributed by atoms with Gasteiger partial charge in [0.05, 0.1) is 0 Å². The monoisotopic (exact) mass is 275 g/mol. The molecule has 84 valence electrons. The van der Waals surface area contributed by atoms with Crippen LogP contribution in [0.25, 0.3) is 0 Å². The molecule has 0 saturated carbocycles. The lowest BCUT2D eigenvalue weighted by atomic mass is 10.2. The van der Waals surface area contributed by atoms with Crippen molar-refractivity contribution in [1.82, 2.24) is 15.0 Å². The number of nitrogens with zero attached hydrogens (tertiary/aromatic N) is 3. The van der Waals surface area contributed by atoms with Gasteiger partial charge in [-0.05, 0) is 29.3 Å². The number of carbonyl (C=O) groups is 1. The van der Waals surface area contributed by atoms with Gasteiger partial charge in [0.15, 0.2) is 10.4 Å². The summed E-state index contributed by atoms with van der Waals surface area (Å²) in [5.41, 5.74) is 0.520. The largest absolute Gasteiger partial charge is 0.382 e. The fourth-order valence-electron chi connectivity index (χ4n) is 1.22. The van der Waals surface area contributed by atoms with Crippen molar-refractivity contribution in [3.8, 4) is 0 Å². The Morgan fingerprint density at radius 1 is 1.60 bits per heavy atom. The highest BCUT2D eigenvalue weighted by Crippen LogP contribution is 2.14. The van der Waals surface area contributed by atoms with Crippen LogP contribution in [-0.4, -0.2) is 34.0 Å². The van der Waals surface area contributed by atoms with Gasteiger partial charge in [-0.1, -0.05) is 5.21 Å². The Morgan fingerprint density at radius 2 is 2.33 bits per heavy atom. The van der Waals surface area contributed by atoms with Gasteiger partial charge in [0.1, 0.15) is 5.69 Å². The van der Waals surface area contributed by atoms with E-state index in [0.717, 1.165) is 6.42 Å². The molecule has 0 N–H and O–H groups in total. The Kier molecular flexibility index (Phi) is 4.90. The summed E-state index contributed by atoms with van der Waals surface area (Å²) in [6.07, 6.45) is 1.18. The first-order valence-electron chi connectivity index (χ1n) is 4.83. The Labute approximate surface area is 96.9 Å². The van der Waals surface area contributed by atoms with Crippen LogP contribution in [-0.2, 0) is 11.8 Å². The quantitative estimate of drug-likeness (QED) is 0.584. The standard InChI is InChI=1S/C9H14BrN3O2/c1-3-15-6-4-5-7(14)8-9(10)11-12-13(8)2/h3-6H2,1-2H3. The van der Waals surface area contributed by atoms with Crippen LogP contribution >= 0.6 is 15.9 Å². The first-order valence-corrected chi connectivity index (χ1v) is 5.62. The number of carbonyl (C=O) groups excluding carboxylic acids is 1. The van der Waals surface area contributed by atoms with E-state index in [1.54, 1.807) is 7.05 Å². The van der Waals surface area contributed by atoms with Crippen LogP contribution in [0, 0.1) is 0 Å². The van der Waals surface area contributed by atoms with Gasteiger partial charge in [-0.2, -0.15) is 0 Å². The molecule has 0 aromatic carbocycles. The van der Waals surface area contributed by atoms with Crippen LogP contribution in [0.4, 0.5) is 0 Å². The average Bonchev–Trinajstić information content (AvgIpc) is 2.53. The van der Waals surface area contributed by atoms with Gasteiger partial charge in [-0.3, -0.25) is 4.79 Å². The van der Waals surface area contributed by atoms with Gasteiger partial charge >= 0.3 is 0 Å². The van der Waals surface area contributed by atoms with Gasteiger partial charge in [0.25, 0.3) is 0 Å². The third-order valence-electron chi connectivity index (χ3n) is 1.95. The van der Waals surface area contributed by atoms with Crippen molar-refractivity contribution in [3.63, 3.8) is 0 Å².